The van der Waals surface area contributed by atoms with Crippen molar-refractivity contribution < 1.29 is 0 Å². The monoisotopic (exact) mass is 300 g/mol. The van der Waals surface area contributed by atoms with Gasteiger partial charge in [0.1, 0.15) is 0 Å². The van der Waals surface area contributed by atoms with Crippen molar-refractivity contribution in [2.75, 3.05) is 6.54 Å². The minimum Gasteiger partial charge on any atom is -0.225 e. The highest BCUT2D eigenvalue weighted by Crippen LogP contribution is 2.15. The third-order valence-corrected chi connectivity index (χ3v) is 2.96. The molecule has 3 heteroatoms. The molecule has 18 heavy (non-hydrogen) atoms. The Balaban J connectivity index is 1.86. The molecule has 2 aromatic rings. The van der Waals surface area contributed by atoms with E-state index in [1.807, 2.05) is 42.5 Å². The first-order chi connectivity index (χ1) is 8.84. The van der Waals surface area contributed by atoms with E-state index in [0.29, 0.717) is 6.54 Å². The molecule has 0 aromatic heterocycles. The lowest BCUT2D eigenvalue weighted by Crippen LogP contribution is -1.87. The van der Waals surface area contributed by atoms with Gasteiger partial charge in [-0.1, -0.05) is 46.3 Å². The molecule has 0 N–H and O–H groups in total. The van der Waals surface area contributed by atoms with Crippen molar-refractivity contribution in [3.8, 4) is 0 Å². The Morgan fingerprint density at radius 3 is 2.39 bits per heavy atom. The smallest absolute Gasteiger partial charge is 0.0949 e. The molecular weight excluding hydrogens is 288 g/mol. The second-order valence-corrected chi connectivity index (χ2v) is 4.72. The summed E-state index contributed by atoms with van der Waals surface area (Å²) in [6.07, 6.45) is 0.920. The third kappa shape index (κ3) is 4.28. The van der Waals surface area contributed by atoms with Gasteiger partial charge < -0.3 is 0 Å². The minimum atomic E-state index is 0.712. The van der Waals surface area contributed by atoms with Crippen LogP contribution in [0.3, 0.4) is 0 Å². The molecule has 0 atom stereocenters. The normalized spacial score (nSPS) is 9.61. The standard InChI is InChI=1S/C15H13BrN2/c16-14-6-8-15(9-7-14)18-12-17-11-10-13-4-2-1-3-5-13/h1-9H,10-11H2. The fourth-order valence-electron chi connectivity index (χ4n) is 1.49. The largest absolute Gasteiger partial charge is 0.225 e. The molecule has 0 saturated carbocycles. The Kier molecular flexibility index (Phi) is 4.88. The Hall–Kier alpha value is -1.70. The van der Waals surface area contributed by atoms with Crippen LogP contribution in [0.1, 0.15) is 5.56 Å². The highest BCUT2D eigenvalue weighted by molar-refractivity contribution is 9.10. The number of benzene rings is 2. The van der Waals surface area contributed by atoms with Crippen LogP contribution in [0.2, 0.25) is 0 Å². The van der Waals surface area contributed by atoms with Gasteiger partial charge in [-0.2, -0.15) is 4.99 Å². The summed E-state index contributed by atoms with van der Waals surface area (Å²) in [5, 5.41) is 0. The molecule has 0 saturated heterocycles. The number of rotatable bonds is 4. The molecule has 0 aliphatic rings. The van der Waals surface area contributed by atoms with E-state index in [1.165, 1.54) is 5.56 Å². The molecule has 2 rings (SSSR count). The number of halogens is 1. The molecule has 90 valence electrons. The van der Waals surface area contributed by atoms with Gasteiger partial charge in [-0.15, -0.1) is 0 Å². The maximum absolute atomic E-state index is 4.16. The molecule has 0 spiro atoms. The van der Waals surface area contributed by atoms with E-state index in [9.17, 15) is 0 Å². The topological polar surface area (TPSA) is 24.7 Å². The summed E-state index contributed by atoms with van der Waals surface area (Å²) < 4.78 is 1.04. The zero-order valence-corrected chi connectivity index (χ0v) is 11.5. The van der Waals surface area contributed by atoms with Crippen molar-refractivity contribution in [1.82, 2.24) is 0 Å². The van der Waals surface area contributed by atoms with Crippen LogP contribution in [0.15, 0.2) is 69.1 Å². The van der Waals surface area contributed by atoms with Crippen molar-refractivity contribution in [2.45, 2.75) is 6.42 Å². The lowest BCUT2D eigenvalue weighted by Gasteiger charge is -1.94. The van der Waals surface area contributed by atoms with Crippen LogP contribution < -0.4 is 0 Å². The van der Waals surface area contributed by atoms with E-state index < -0.39 is 0 Å². The number of aliphatic imine (C=N–C) groups is 2. The molecular formula is C15H13BrN2. The maximum atomic E-state index is 4.16. The molecule has 0 aliphatic carbocycles. The molecule has 0 heterocycles. The Bertz CT molecular complexity index is 540. The average Bonchev–Trinajstić information content (AvgIpc) is 2.42. The average molecular weight is 301 g/mol. The lowest BCUT2D eigenvalue weighted by atomic mass is 10.2. The lowest BCUT2D eigenvalue weighted by molar-refractivity contribution is 0.974. The fourth-order valence-corrected chi connectivity index (χ4v) is 1.75. The van der Waals surface area contributed by atoms with Gasteiger partial charge in [-0.05, 0) is 36.2 Å². The summed E-state index contributed by atoms with van der Waals surface area (Å²) in [7, 11) is 0. The first kappa shape index (κ1) is 12.7. The summed E-state index contributed by atoms with van der Waals surface area (Å²) in [6.45, 7) is 0.712. The summed E-state index contributed by atoms with van der Waals surface area (Å²) >= 11 is 3.38. The molecule has 0 amide bonds. The van der Waals surface area contributed by atoms with Gasteiger partial charge in [0.05, 0.1) is 18.2 Å². The van der Waals surface area contributed by atoms with Gasteiger partial charge in [0.15, 0.2) is 0 Å². The zero-order chi connectivity index (χ0) is 12.6. The van der Waals surface area contributed by atoms with Gasteiger partial charge in [0.25, 0.3) is 0 Å². The molecule has 0 unspecified atom stereocenters. The minimum absolute atomic E-state index is 0.712. The van der Waals surface area contributed by atoms with Crippen LogP contribution in [0.5, 0.6) is 0 Å². The summed E-state index contributed by atoms with van der Waals surface area (Å²) in [5.41, 5.74) is 2.15. The van der Waals surface area contributed by atoms with Crippen LogP contribution in [-0.2, 0) is 6.42 Å². The number of hydrogen-bond acceptors (Lipinski definition) is 2. The zero-order valence-electron chi connectivity index (χ0n) is 9.88. The van der Waals surface area contributed by atoms with E-state index in [-0.39, 0.29) is 0 Å². The van der Waals surface area contributed by atoms with Gasteiger partial charge in [0.2, 0.25) is 0 Å². The van der Waals surface area contributed by atoms with E-state index >= 15 is 0 Å². The van der Waals surface area contributed by atoms with Crippen molar-refractivity contribution in [3.63, 3.8) is 0 Å². The van der Waals surface area contributed by atoms with Crippen LogP contribution in [0, 0.1) is 0 Å². The van der Waals surface area contributed by atoms with E-state index in [2.05, 4.69) is 44.1 Å². The van der Waals surface area contributed by atoms with Crippen molar-refractivity contribution in [1.29, 1.82) is 0 Å². The summed E-state index contributed by atoms with van der Waals surface area (Å²) in [6, 6.07) is 20.8. The second kappa shape index (κ2) is 6.90. The highest BCUT2D eigenvalue weighted by Gasteiger charge is 1.89. The fraction of sp³-hybridized carbons (Fsp3) is 0.133. The third-order valence-electron chi connectivity index (χ3n) is 2.43. The predicted molar refractivity (Wildman–Crippen MR) is 78.7 cm³/mol. The van der Waals surface area contributed by atoms with Crippen molar-refractivity contribution in [2.24, 2.45) is 9.98 Å². The van der Waals surface area contributed by atoms with Crippen LogP contribution in [0.4, 0.5) is 5.69 Å². The van der Waals surface area contributed by atoms with Gasteiger partial charge in [-0.3, -0.25) is 0 Å². The number of nitrogens with zero attached hydrogens (tertiary/aromatic N) is 2. The predicted octanol–water partition coefficient (Wildman–Crippen LogP) is 4.50. The Morgan fingerprint density at radius 2 is 1.67 bits per heavy atom. The molecule has 2 nitrogen and oxygen atoms in total. The number of hydrogen-bond donors (Lipinski definition) is 0. The summed E-state index contributed by atoms with van der Waals surface area (Å²) in [4.78, 5) is 8.30. The first-order valence-electron chi connectivity index (χ1n) is 5.76. The maximum Gasteiger partial charge on any atom is 0.0949 e. The van der Waals surface area contributed by atoms with Crippen molar-refractivity contribution >= 4 is 27.6 Å². The molecule has 2 aromatic carbocycles. The van der Waals surface area contributed by atoms with Crippen LogP contribution >= 0.6 is 15.9 Å². The van der Waals surface area contributed by atoms with Crippen molar-refractivity contribution in [3.05, 3.63) is 64.6 Å². The van der Waals surface area contributed by atoms with Crippen LogP contribution in [-0.4, -0.2) is 12.6 Å². The Morgan fingerprint density at radius 1 is 0.944 bits per heavy atom. The quantitative estimate of drug-likeness (QED) is 0.743. The van der Waals surface area contributed by atoms with Gasteiger partial charge in [-0.25, -0.2) is 4.99 Å². The SMILES string of the molecule is Brc1ccc(N=C=NCCc2ccccc2)cc1. The van der Waals surface area contributed by atoms with E-state index in [4.69, 9.17) is 0 Å². The Labute approximate surface area is 115 Å². The first-order valence-corrected chi connectivity index (χ1v) is 6.55. The molecule has 0 radical (unpaired) electrons. The molecule has 0 fully saturated rings. The summed E-state index contributed by atoms with van der Waals surface area (Å²) in [5.74, 6) is 0. The van der Waals surface area contributed by atoms with Crippen LogP contribution in [0.25, 0.3) is 0 Å². The van der Waals surface area contributed by atoms with Gasteiger partial charge >= 0.3 is 0 Å². The van der Waals surface area contributed by atoms with E-state index in [1.54, 1.807) is 0 Å². The molecule has 0 bridgehead atoms. The van der Waals surface area contributed by atoms with Gasteiger partial charge in [0, 0.05) is 4.47 Å². The second-order valence-electron chi connectivity index (χ2n) is 3.81. The highest BCUT2D eigenvalue weighted by atomic mass is 79.9. The van der Waals surface area contributed by atoms with E-state index in [0.717, 1.165) is 16.6 Å². The molecule has 0 aliphatic heterocycles.